The molecule has 2 aromatic rings. The van der Waals surface area contributed by atoms with Gasteiger partial charge in [-0.1, -0.05) is 11.6 Å². The summed E-state index contributed by atoms with van der Waals surface area (Å²) in [5, 5.41) is 20.0. The molecule has 0 aliphatic carbocycles. The van der Waals surface area contributed by atoms with Gasteiger partial charge in [0.2, 0.25) is 0 Å². The highest BCUT2D eigenvalue weighted by Gasteiger charge is 2.34. The number of benzene rings is 1. The first-order chi connectivity index (χ1) is 8.84. The number of rotatable bonds is 3. The van der Waals surface area contributed by atoms with Gasteiger partial charge in [0.1, 0.15) is 5.82 Å². The number of hydrogen-bond donors (Lipinski definition) is 1. The molecular weight excluding hydrogens is 251 g/mol. The Morgan fingerprint density at radius 2 is 2.11 bits per heavy atom. The molecule has 1 N–H and O–H groups in total. The molecule has 0 aliphatic rings. The molecule has 1 aromatic carbocycles. The topological polar surface area (TPSA) is 80.9 Å². The molecule has 0 atom stereocenters. The molecule has 0 saturated carbocycles. The van der Waals surface area contributed by atoms with E-state index in [-0.39, 0.29) is 11.4 Å². The van der Waals surface area contributed by atoms with Crippen molar-refractivity contribution in [3.63, 3.8) is 0 Å². The summed E-state index contributed by atoms with van der Waals surface area (Å²) < 4.78 is 15.0. The van der Waals surface area contributed by atoms with Crippen LogP contribution in [0.4, 0.5) is 4.39 Å². The predicted molar refractivity (Wildman–Crippen MR) is 64.9 cm³/mol. The van der Waals surface area contributed by atoms with Crippen LogP contribution in [0.5, 0.6) is 0 Å². The molecule has 19 heavy (non-hydrogen) atoms. The number of nitrogens with zero attached hydrogens (tertiary/aromatic N) is 4. The van der Waals surface area contributed by atoms with Crippen molar-refractivity contribution in [2.24, 2.45) is 0 Å². The maximum atomic E-state index is 13.8. The minimum Gasteiger partial charge on any atom is -0.479 e. The van der Waals surface area contributed by atoms with Gasteiger partial charge in [-0.15, -0.1) is 5.10 Å². The highest BCUT2D eigenvalue weighted by atomic mass is 19.1. The number of carboxylic acids is 1. The largest absolute Gasteiger partial charge is 0.479 e. The van der Waals surface area contributed by atoms with Crippen LogP contribution in [-0.2, 0) is 10.3 Å². The number of hydrogen-bond acceptors (Lipinski definition) is 4. The maximum absolute atomic E-state index is 13.8. The molecule has 0 amide bonds. The Labute approximate surface area is 108 Å². The maximum Gasteiger partial charge on any atom is 0.331 e. The zero-order valence-electron chi connectivity index (χ0n) is 10.8. The fourth-order valence-corrected chi connectivity index (χ4v) is 1.63. The summed E-state index contributed by atoms with van der Waals surface area (Å²) in [7, 11) is 0. The Hall–Kier alpha value is -2.31. The fourth-order valence-electron chi connectivity index (χ4n) is 1.63. The first kappa shape index (κ1) is 13.1. The van der Waals surface area contributed by atoms with E-state index in [1.165, 1.54) is 19.9 Å². The second-order valence-electron chi connectivity index (χ2n) is 4.76. The quantitative estimate of drug-likeness (QED) is 0.910. The van der Waals surface area contributed by atoms with Crippen molar-refractivity contribution in [1.29, 1.82) is 0 Å². The van der Waals surface area contributed by atoms with E-state index in [9.17, 15) is 14.3 Å². The van der Waals surface area contributed by atoms with Gasteiger partial charge < -0.3 is 5.11 Å². The first-order valence-corrected chi connectivity index (χ1v) is 5.63. The molecule has 1 heterocycles. The zero-order chi connectivity index (χ0) is 14.2. The van der Waals surface area contributed by atoms with Gasteiger partial charge in [-0.3, -0.25) is 0 Å². The minimum atomic E-state index is -1.37. The molecule has 7 heteroatoms. The summed E-state index contributed by atoms with van der Waals surface area (Å²) in [5.74, 6) is -1.51. The SMILES string of the molecule is Cc1ccc(F)c(-c2nnnn2C(C)(C)C(=O)O)c1. The van der Waals surface area contributed by atoms with E-state index in [0.29, 0.717) is 0 Å². The monoisotopic (exact) mass is 264 g/mol. The van der Waals surface area contributed by atoms with Gasteiger partial charge in [0, 0.05) is 0 Å². The molecule has 2 rings (SSSR count). The molecular formula is C12H13FN4O2. The molecule has 6 nitrogen and oxygen atoms in total. The van der Waals surface area contributed by atoms with E-state index in [1.54, 1.807) is 19.1 Å². The minimum absolute atomic E-state index is 0.0913. The van der Waals surface area contributed by atoms with Crippen LogP contribution in [0.3, 0.4) is 0 Å². The van der Waals surface area contributed by atoms with Gasteiger partial charge in [0.05, 0.1) is 5.56 Å². The van der Waals surface area contributed by atoms with Crippen molar-refractivity contribution < 1.29 is 14.3 Å². The molecule has 0 aliphatic heterocycles. The summed E-state index contributed by atoms with van der Waals surface area (Å²) in [4.78, 5) is 11.2. The molecule has 0 spiro atoms. The number of halogens is 1. The van der Waals surface area contributed by atoms with E-state index in [4.69, 9.17) is 0 Å². The number of carboxylic acid groups (broad SMARTS) is 1. The van der Waals surface area contributed by atoms with Crippen molar-refractivity contribution in [3.8, 4) is 11.4 Å². The molecule has 0 saturated heterocycles. The Kier molecular flexibility index (Phi) is 3.05. The zero-order valence-corrected chi connectivity index (χ0v) is 10.8. The first-order valence-electron chi connectivity index (χ1n) is 5.63. The summed E-state index contributed by atoms with van der Waals surface area (Å²) in [6, 6.07) is 4.50. The van der Waals surface area contributed by atoms with Crippen molar-refractivity contribution in [3.05, 3.63) is 29.6 Å². The summed E-state index contributed by atoms with van der Waals surface area (Å²) >= 11 is 0. The van der Waals surface area contributed by atoms with Crippen LogP contribution in [0, 0.1) is 12.7 Å². The molecule has 1 aromatic heterocycles. The molecule has 0 fully saturated rings. The Bertz CT molecular complexity index is 636. The Balaban J connectivity index is 2.63. The predicted octanol–water partition coefficient (Wildman–Crippen LogP) is 1.61. The van der Waals surface area contributed by atoms with Crippen LogP contribution in [0.15, 0.2) is 18.2 Å². The van der Waals surface area contributed by atoms with Crippen LogP contribution in [0.2, 0.25) is 0 Å². The summed E-state index contributed by atoms with van der Waals surface area (Å²) in [6.45, 7) is 4.70. The fraction of sp³-hybridized carbons (Fsp3) is 0.333. The van der Waals surface area contributed by atoms with Gasteiger partial charge >= 0.3 is 5.97 Å². The lowest BCUT2D eigenvalue weighted by Crippen LogP contribution is -2.37. The van der Waals surface area contributed by atoms with Crippen LogP contribution >= 0.6 is 0 Å². The van der Waals surface area contributed by atoms with Gasteiger partial charge in [-0.2, -0.15) is 0 Å². The molecule has 0 radical (unpaired) electrons. The lowest BCUT2D eigenvalue weighted by atomic mass is 10.0. The highest BCUT2D eigenvalue weighted by Crippen LogP contribution is 2.26. The molecule has 0 unspecified atom stereocenters. The third kappa shape index (κ3) is 2.18. The standard InChI is InChI=1S/C12H13FN4O2/c1-7-4-5-9(13)8(6-7)10-14-15-16-17(10)12(2,3)11(18)19/h4-6H,1-3H3,(H,18,19). The van der Waals surface area contributed by atoms with Gasteiger partial charge in [0.15, 0.2) is 11.4 Å². The van der Waals surface area contributed by atoms with Gasteiger partial charge in [0.25, 0.3) is 0 Å². The van der Waals surface area contributed by atoms with Gasteiger partial charge in [-0.25, -0.2) is 13.9 Å². The van der Waals surface area contributed by atoms with Crippen molar-refractivity contribution in [2.45, 2.75) is 26.3 Å². The number of tetrazole rings is 1. The third-order valence-corrected chi connectivity index (χ3v) is 2.89. The van der Waals surface area contributed by atoms with E-state index in [0.717, 1.165) is 10.2 Å². The van der Waals surface area contributed by atoms with E-state index >= 15 is 0 Å². The van der Waals surface area contributed by atoms with Gasteiger partial charge in [-0.05, 0) is 43.3 Å². The Morgan fingerprint density at radius 1 is 1.42 bits per heavy atom. The van der Waals surface area contributed by atoms with Crippen LogP contribution < -0.4 is 0 Å². The average Bonchev–Trinajstić information content (AvgIpc) is 2.81. The number of carbonyl (C=O) groups is 1. The van der Waals surface area contributed by atoms with Crippen molar-refractivity contribution in [2.75, 3.05) is 0 Å². The number of aromatic nitrogens is 4. The summed E-state index contributed by atoms with van der Waals surface area (Å²) in [5.41, 5.74) is -0.354. The third-order valence-electron chi connectivity index (χ3n) is 2.89. The molecule has 0 bridgehead atoms. The van der Waals surface area contributed by atoms with E-state index in [1.807, 2.05) is 0 Å². The Morgan fingerprint density at radius 3 is 2.74 bits per heavy atom. The van der Waals surface area contributed by atoms with Crippen LogP contribution in [0.25, 0.3) is 11.4 Å². The van der Waals surface area contributed by atoms with Crippen LogP contribution in [-0.4, -0.2) is 31.3 Å². The summed E-state index contributed by atoms with van der Waals surface area (Å²) in [6.07, 6.45) is 0. The number of aliphatic carboxylic acids is 1. The van der Waals surface area contributed by atoms with E-state index < -0.39 is 17.3 Å². The normalized spacial score (nSPS) is 11.6. The lowest BCUT2D eigenvalue weighted by molar-refractivity contribution is -0.146. The smallest absolute Gasteiger partial charge is 0.331 e. The average molecular weight is 264 g/mol. The molecule has 100 valence electrons. The van der Waals surface area contributed by atoms with Crippen molar-refractivity contribution >= 4 is 5.97 Å². The van der Waals surface area contributed by atoms with Crippen LogP contribution in [0.1, 0.15) is 19.4 Å². The van der Waals surface area contributed by atoms with Crippen molar-refractivity contribution in [1.82, 2.24) is 20.2 Å². The highest BCUT2D eigenvalue weighted by molar-refractivity contribution is 5.76. The second-order valence-corrected chi connectivity index (χ2v) is 4.76. The number of aryl methyl sites for hydroxylation is 1. The van der Waals surface area contributed by atoms with E-state index in [2.05, 4.69) is 15.5 Å². The lowest BCUT2D eigenvalue weighted by Gasteiger charge is -2.20. The second kappa shape index (κ2) is 4.42.